The predicted molar refractivity (Wildman–Crippen MR) is 75.3 cm³/mol. The summed E-state index contributed by atoms with van der Waals surface area (Å²) in [4.78, 5) is 33.5. The average Bonchev–Trinajstić information content (AvgIpc) is 3.02. The monoisotopic (exact) mass is 297 g/mol. The van der Waals surface area contributed by atoms with Crippen LogP contribution in [-0.2, 0) is 9.59 Å². The van der Waals surface area contributed by atoms with Gasteiger partial charge in [0.15, 0.2) is 0 Å². The molecule has 3 amide bonds. The van der Waals surface area contributed by atoms with Crippen molar-refractivity contribution < 1.29 is 19.5 Å². The summed E-state index contributed by atoms with van der Waals surface area (Å²) in [6.45, 7) is 0.592. The molecule has 7 heteroatoms. The van der Waals surface area contributed by atoms with Crippen molar-refractivity contribution in [3.05, 3.63) is 0 Å². The lowest BCUT2D eigenvalue weighted by Gasteiger charge is -2.22. The summed E-state index contributed by atoms with van der Waals surface area (Å²) in [6, 6.07) is -1.58. The summed E-state index contributed by atoms with van der Waals surface area (Å²) < 4.78 is 0. The first-order valence-electron chi connectivity index (χ1n) is 7.51. The molecule has 0 heterocycles. The van der Waals surface area contributed by atoms with E-state index in [0.29, 0.717) is 18.4 Å². The van der Waals surface area contributed by atoms with Crippen molar-refractivity contribution >= 4 is 17.9 Å². The summed E-state index contributed by atoms with van der Waals surface area (Å²) in [5.74, 6) is 0.299. The topological polar surface area (TPSA) is 122 Å². The largest absolute Gasteiger partial charge is 0.480 e. The molecule has 3 unspecified atom stereocenters. The third kappa shape index (κ3) is 4.34. The van der Waals surface area contributed by atoms with Crippen molar-refractivity contribution in [1.82, 2.24) is 10.6 Å². The molecule has 2 fully saturated rings. The maximum atomic E-state index is 11.8. The van der Waals surface area contributed by atoms with Gasteiger partial charge >= 0.3 is 12.0 Å². The van der Waals surface area contributed by atoms with Crippen LogP contribution in [0, 0.1) is 17.8 Å². The van der Waals surface area contributed by atoms with E-state index in [0.717, 1.165) is 12.3 Å². The van der Waals surface area contributed by atoms with Crippen LogP contribution in [0.15, 0.2) is 0 Å². The van der Waals surface area contributed by atoms with Gasteiger partial charge in [-0.2, -0.15) is 0 Å². The van der Waals surface area contributed by atoms with E-state index in [-0.39, 0.29) is 12.8 Å². The van der Waals surface area contributed by atoms with Crippen molar-refractivity contribution in [3.8, 4) is 0 Å². The third-order valence-electron chi connectivity index (χ3n) is 4.69. The van der Waals surface area contributed by atoms with Crippen LogP contribution in [0.5, 0.6) is 0 Å². The molecular formula is C14H23N3O4. The molecule has 7 nitrogen and oxygen atoms in total. The molecule has 2 aliphatic carbocycles. The maximum absolute atomic E-state index is 11.8. The van der Waals surface area contributed by atoms with Gasteiger partial charge in [0.2, 0.25) is 5.91 Å². The Morgan fingerprint density at radius 1 is 1.24 bits per heavy atom. The number of urea groups is 1. The van der Waals surface area contributed by atoms with Crippen LogP contribution in [0.25, 0.3) is 0 Å². The number of fused-ring (bicyclic) bond motifs is 2. The fraction of sp³-hybridized carbons (Fsp3) is 0.786. The molecule has 2 aliphatic rings. The van der Waals surface area contributed by atoms with Gasteiger partial charge in [-0.1, -0.05) is 6.42 Å². The van der Waals surface area contributed by atoms with E-state index in [1.807, 2.05) is 0 Å². The Kier molecular flexibility index (Phi) is 5.03. The lowest BCUT2D eigenvalue weighted by atomic mass is 9.89. The SMILES string of the molecule is NC(=O)CC[C@@H](NC(=O)NCC1CC2CCC1C2)C(=O)O. The number of carbonyl (C=O) groups excluding carboxylic acids is 2. The first-order chi connectivity index (χ1) is 9.95. The molecule has 0 radical (unpaired) electrons. The van der Waals surface area contributed by atoms with Gasteiger partial charge in [0.1, 0.15) is 6.04 Å². The van der Waals surface area contributed by atoms with Gasteiger partial charge in [-0.3, -0.25) is 4.79 Å². The van der Waals surface area contributed by atoms with Crippen molar-refractivity contribution in [1.29, 1.82) is 0 Å². The molecule has 0 aromatic heterocycles. The lowest BCUT2D eigenvalue weighted by molar-refractivity contribution is -0.139. The number of hydrogen-bond donors (Lipinski definition) is 4. The van der Waals surface area contributed by atoms with Gasteiger partial charge in [-0.05, 0) is 43.4 Å². The second-order valence-electron chi connectivity index (χ2n) is 6.19. The minimum Gasteiger partial charge on any atom is -0.480 e. The van der Waals surface area contributed by atoms with E-state index in [1.165, 1.54) is 19.3 Å². The number of hydrogen-bond acceptors (Lipinski definition) is 3. The van der Waals surface area contributed by atoms with Gasteiger partial charge < -0.3 is 21.5 Å². The molecule has 0 spiro atoms. The zero-order chi connectivity index (χ0) is 15.4. The zero-order valence-electron chi connectivity index (χ0n) is 12.0. The minimum atomic E-state index is -1.16. The van der Waals surface area contributed by atoms with Gasteiger partial charge in [-0.15, -0.1) is 0 Å². The molecule has 118 valence electrons. The Morgan fingerprint density at radius 2 is 2.00 bits per heavy atom. The molecule has 2 bridgehead atoms. The Labute approximate surface area is 123 Å². The molecule has 0 aromatic rings. The molecule has 2 saturated carbocycles. The van der Waals surface area contributed by atoms with E-state index < -0.39 is 23.9 Å². The van der Waals surface area contributed by atoms with E-state index >= 15 is 0 Å². The standard InChI is InChI=1S/C14H23N3O4/c15-12(18)4-3-11(13(19)20)17-14(21)16-7-10-6-8-1-2-9(10)5-8/h8-11H,1-7H2,(H2,15,18)(H,19,20)(H2,16,17,21)/t8?,9?,10?,11-/m1/s1. The number of rotatable bonds is 7. The molecule has 21 heavy (non-hydrogen) atoms. The van der Waals surface area contributed by atoms with Crippen LogP contribution in [0.3, 0.4) is 0 Å². The number of carboxylic acids is 1. The van der Waals surface area contributed by atoms with E-state index in [4.69, 9.17) is 10.8 Å². The van der Waals surface area contributed by atoms with E-state index in [9.17, 15) is 14.4 Å². The Bertz CT molecular complexity index is 426. The number of nitrogens with one attached hydrogen (secondary N) is 2. The fourth-order valence-corrected chi connectivity index (χ4v) is 3.60. The highest BCUT2D eigenvalue weighted by Gasteiger charge is 2.39. The van der Waals surface area contributed by atoms with Crippen molar-refractivity contribution in [3.63, 3.8) is 0 Å². The summed E-state index contributed by atoms with van der Waals surface area (Å²) in [7, 11) is 0. The second kappa shape index (κ2) is 6.78. The third-order valence-corrected chi connectivity index (χ3v) is 4.69. The lowest BCUT2D eigenvalue weighted by Crippen LogP contribution is -2.47. The average molecular weight is 297 g/mol. The molecule has 0 aliphatic heterocycles. The summed E-state index contributed by atoms with van der Waals surface area (Å²) in [6.07, 6.45) is 4.92. The highest BCUT2D eigenvalue weighted by molar-refractivity contribution is 5.83. The quantitative estimate of drug-likeness (QED) is 0.544. The number of carbonyl (C=O) groups is 3. The Balaban J connectivity index is 1.71. The summed E-state index contributed by atoms with van der Waals surface area (Å²) in [5.41, 5.74) is 4.99. The smallest absolute Gasteiger partial charge is 0.326 e. The highest BCUT2D eigenvalue weighted by atomic mass is 16.4. The normalized spacial score (nSPS) is 28.1. The summed E-state index contributed by atoms with van der Waals surface area (Å²) in [5, 5.41) is 14.1. The number of carboxylic acid groups (broad SMARTS) is 1. The maximum Gasteiger partial charge on any atom is 0.326 e. The molecule has 0 saturated heterocycles. The van der Waals surface area contributed by atoms with Gasteiger partial charge in [-0.25, -0.2) is 9.59 Å². The molecular weight excluding hydrogens is 274 g/mol. The number of amides is 3. The molecule has 0 aromatic carbocycles. The fourth-order valence-electron chi connectivity index (χ4n) is 3.60. The van der Waals surface area contributed by atoms with E-state index in [1.54, 1.807) is 0 Å². The Hall–Kier alpha value is -1.79. The molecule has 2 rings (SSSR count). The van der Waals surface area contributed by atoms with Crippen LogP contribution < -0.4 is 16.4 Å². The summed E-state index contributed by atoms with van der Waals surface area (Å²) >= 11 is 0. The van der Waals surface area contributed by atoms with Crippen LogP contribution >= 0.6 is 0 Å². The first kappa shape index (κ1) is 15.6. The zero-order valence-corrected chi connectivity index (χ0v) is 12.0. The number of aliphatic carboxylic acids is 1. The Morgan fingerprint density at radius 3 is 2.52 bits per heavy atom. The molecule has 5 N–H and O–H groups in total. The van der Waals surface area contributed by atoms with Gasteiger partial charge in [0.05, 0.1) is 0 Å². The van der Waals surface area contributed by atoms with E-state index in [2.05, 4.69) is 10.6 Å². The van der Waals surface area contributed by atoms with Gasteiger partial charge in [0.25, 0.3) is 0 Å². The van der Waals surface area contributed by atoms with Gasteiger partial charge in [0, 0.05) is 13.0 Å². The number of primary amides is 1. The second-order valence-corrected chi connectivity index (χ2v) is 6.19. The first-order valence-corrected chi connectivity index (χ1v) is 7.51. The highest BCUT2D eigenvalue weighted by Crippen LogP contribution is 2.47. The van der Waals surface area contributed by atoms with Crippen LogP contribution in [0.4, 0.5) is 4.79 Å². The minimum absolute atomic E-state index is 0.00616. The number of nitrogens with two attached hydrogens (primary N) is 1. The van der Waals surface area contributed by atoms with Crippen molar-refractivity contribution in [2.45, 2.75) is 44.6 Å². The van der Waals surface area contributed by atoms with Crippen LogP contribution in [-0.4, -0.2) is 35.6 Å². The van der Waals surface area contributed by atoms with Crippen LogP contribution in [0.1, 0.15) is 38.5 Å². The van der Waals surface area contributed by atoms with Crippen molar-refractivity contribution in [2.24, 2.45) is 23.5 Å². The van der Waals surface area contributed by atoms with Crippen molar-refractivity contribution in [2.75, 3.05) is 6.54 Å². The predicted octanol–water partition coefficient (Wildman–Crippen LogP) is 0.440. The van der Waals surface area contributed by atoms with Crippen LogP contribution in [0.2, 0.25) is 0 Å². The molecule has 4 atom stereocenters.